The van der Waals surface area contributed by atoms with Crippen molar-refractivity contribution in [3.63, 3.8) is 0 Å². The smallest absolute Gasteiger partial charge is 0.245 e. The summed E-state index contributed by atoms with van der Waals surface area (Å²) in [5, 5.41) is 0. The summed E-state index contributed by atoms with van der Waals surface area (Å²) >= 11 is 0. The predicted octanol–water partition coefficient (Wildman–Crippen LogP) is 3.43. The third-order valence-corrected chi connectivity index (χ3v) is 7.49. The second-order valence-electron chi connectivity index (χ2n) is 8.15. The number of carbonyl (C=O) groups is 2. The van der Waals surface area contributed by atoms with E-state index in [0.717, 1.165) is 22.6 Å². The molecule has 0 bridgehead atoms. The van der Waals surface area contributed by atoms with Crippen LogP contribution in [0.4, 0.5) is 14.5 Å². The Kier molecular flexibility index (Phi) is 6.58. The van der Waals surface area contributed by atoms with Crippen LogP contribution in [-0.4, -0.2) is 31.9 Å². The zero-order valence-corrected chi connectivity index (χ0v) is 18.9. The molecule has 4 rings (SSSR count). The van der Waals surface area contributed by atoms with Gasteiger partial charge in [-0.3, -0.25) is 9.59 Å². The van der Waals surface area contributed by atoms with Gasteiger partial charge in [0.15, 0.2) is 15.6 Å². The second-order valence-corrected chi connectivity index (χ2v) is 10.1. The van der Waals surface area contributed by atoms with E-state index in [1.165, 1.54) is 24.3 Å². The molecule has 34 heavy (non-hydrogen) atoms. The molecule has 0 unspecified atom stereocenters. The molecule has 1 amide bonds. The Hall–Kier alpha value is -3.43. The first kappa shape index (κ1) is 23.7. The number of rotatable bonds is 6. The van der Waals surface area contributed by atoms with Crippen LogP contribution in [0.25, 0.3) is 0 Å². The quantitative estimate of drug-likeness (QED) is 0.541. The second kappa shape index (κ2) is 9.44. The lowest BCUT2D eigenvalue weighted by Gasteiger charge is -2.25. The number of nitrogens with two attached hydrogens (primary N) is 1. The highest BCUT2D eigenvalue weighted by Gasteiger charge is 2.37. The van der Waals surface area contributed by atoms with Gasteiger partial charge in [-0.25, -0.2) is 17.2 Å². The molecular weight excluding hydrogens is 462 g/mol. The largest absolute Gasteiger partial charge is 0.319 e. The number of sulfone groups is 1. The molecule has 0 radical (unpaired) electrons. The standard InChI is InChI=1S/C25H22F2N2O4S/c26-18-9-6-17(7-10-18)14-29-22-12-19(23(30)11-8-16-4-2-1-3-5-16)20(27)13-24(22)34(32,33)15-21(28)25(29)31/h1-7,9-10,12-13,21H,8,11,14-15,28H2/t21-/m0/s1. The number of ketones is 1. The number of aryl methyl sites for hydroxylation is 1. The fourth-order valence-electron chi connectivity index (χ4n) is 3.91. The van der Waals surface area contributed by atoms with Crippen molar-refractivity contribution < 1.29 is 26.8 Å². The van der Waals surface area contributed by atoms with Crippen LogP contribution in [0.2, 0.25) is 0 Å². The monoisotopic (exact) mass is 484 g/mol. The SMILES string of the molecule is N[C@H]1CS(=O)(=O)c2cc(F)c(C(=O)CCc3ccccc3)cc2N(Cc2ccc(F)cc2)C1=O. The van der Waals surface area contributed by atoms with E-state index in [4.69, 9.17) is 5.73 Å². The topological polar surface area (TPSA) is 97.5 Å². The van der Waals surface area contributed by atoms with Gasteiger partial charge in [0.25, 0.3) is 0 Å². The van der Waals surface area contributed by atoms with E-state index in [1.807, 2.05) is 30.3 Å². The number of Topliss-reactive ketones (excluding diaryl/α,β-unsaturated/α-hetero) is 1. The van der Waals surface area contributed by atoms with Gasteiger partial charge in [0, 0.05) is 6.42 Å². The molecule has 3 aromatic rings. The fourth-order valence-corrected chi connectivity index (χ4v) is 5.47. The lowest BCUT2D eigenvalue weighted by molar-refractivity contribution is -0.119. The summed E-state index contributed by atoms with van der Waals surface area (Å²) in [4.78, 5) is 26.6. The van der Waals surface area contributed by atoms with Gasteiger partial charge in [-0.1, -0.05) is 42.5 Å². The summed E-state index contributed by atoms with van der Waals surface area (Å²) in [6.07, 6.45) is 0.371. The molecule has 0 fully saturated rings. The van der Waals surface area contributed by atoms with Crippen LogP contribution in [0.1, 0.15) is 27.9 Å². The van der Waals surface area contributed by atoms with Crippen molar-refractivity contribution in [2.75, 3.05) is 10.7 Å². The summed E-state index contributed by atoms with van der Waals surface area (Å²) in [6.45, 7) is -0.126. The normalized spacial score (nSPS) is 17.2. The first-order valence-corrected chi connectivity index (χ1v) is 12.3. The van der Waals surface area contributed by atoms with Crippen molar-refractivity contribution in [1.29, 1.82) is 0 Å². The van der Waals surface area contributed by atoms with Gasteiger partial charge >= 0.3 is 0 Å². The number of hydrogen-bond acceptors (Lipinski definition) is 5. The zero-order chi connectivity index (χ0) is 24.5. The molecule has 0 saturated heterocycles. The van der Waals surface area contributed by atoms with Crippen molar-refractivity contribution in [2.45, 2.75) is 30.3 Å². The number of nitrogens with zero attached hydrogens (tertiary/aromatic N) is 1. The maximum atomic E-state index is 15.0. The molecule has 6 nitrogen and oxygen atoms in total. The maximum absolute atomic E-state index is 15.0. The molecule has 1 aliphatic heterocycles. The molecule has 1 atom stereocenters. The van der Waals surface area contributed by atoms with E-state index in [-0.39, 0.29) is 24.2 Å². The lowest BCUT2D eigenvalue weighted by atomic mass is 10.0. The van der Waals surface area contributed by atoms with Crippen molar-refractivity contribution in [3.05, 3.63) is 95.1 Å². The Labute approximate surface area is 195 Å². The molecule has 1 aliphatic rings. The minimum Gasteiger partial charge on any atom is -0.319 e. The van der Waals surface area contributed by atoms with Gasteiger partial charge in [-0.05, 0) is 41.8 Å². The molecule has 0 aliphatic carbocycles. The minimum absolute atomic E-state index is 0.00209. The average molecular weight is 485 g/mol. The van der Waals surface area contributed by atoms with Crippen LogP contribution in [0, 0.1) is 11.6 Å². The summed E-state index contributed by atoms with van der Waals surface area (Å²) in [5.74, 6) is -3.37. The number of amides is 1. The Morgan fingerprint density at radius 1 is 1.00 bits per heavy atom. The predicted molar refractivity (Wildman–Crippen MR) is 123 cm³/mol. The van der Waals surface area contributed by atoms with Gasteiger partial charge in [0.05, 0.1) is 34.5 Å². The highest BCUT2D eigenvalue weighted by atomic mass is 32.2. The number of anilines is 1. The van der Waals surface area contributed by atoms with Crippen LogP contribution in [0.5, 0.6) is 0 Å². The molecule has 0 aromatic heterocycles. The Bertz CT molecular complexity index is 1340. The van der Waals surface area contributed by atoms with Crippen LogP contribution < -0.4 is 10.6 Å². The van der Waals surface area contributed by atoms with Crippen LogP contribution in [-0.2, 0) is 27.6 Å². The van der Waals surface area contributed by atoms with E-state index < -0.39 is 49.9 Å². The average Bonchev–Trinajstić information content (AvgIpc) is 2.87. The number of fused-ring (bicyclic) bond motifs is 1. The van der Waals surface area contributed by atoms with E-state index in [1.54, 1.807) is 0 Å². The number of halogens is 2. The summed E-state index contributed by atoms with van der Waals surface area (Å²) in [7, 11) is -4.11. The van der Waals surface area contributed by atoms with Gasteiger partial charge in [-0.15, -0.1) is 0 Å². The molecule has 0 saturated carbocycles. The first-order valence-electron chi connectivity index (χ1n) is 10.6. The molecule has 0 spiro atoms. The molecule has 176 valence electrons. The van der Waals surface area contributed by atoms with Gasteiger partial charge < -0.3 is 10.6 Å². The third kappa shape index (κ3) is 4.90. The summed E-state index contributed by atoms with van der Waals surface area (Å²) < 4.78 is 54.0. The van der Waals surface area contributed by atoms with Crippen LogP contribution in [0.3, 0.4) is 0 Å². The third-order valence-electron chi connectivity index (χ3n) is 5.69. The Morgan fingerprint density at radius 3 is 2.35 bits per heavy atom. The molecule has 9 heteroatoms. The number of benzene rings is 3. The van der Waals surface area contributed by atoms with Crippen LogP contribution in [0.15, 0.2) is 71.6 Å². The highest BCUT2D eigenvalue weighted by Crippen LogP contribution is 2.34. The van der Waals surface area contributed by atoms with E-state index >= 15 is 0 Å². The zero-order valence-electron chi connectivity index (χ0n) is 18.1. The van der Waals surface area contributed by atoms with Gasteiger partial charge in [0.1, 0.15) is 11.6 Å². The Morgan fingerprint density at radius 2 is 1.68 bits per heavy atom. The lowest BCUT2D eigenvalue weighted by Crippen LogP contribution is -2.45. The van der Waals surface area contributed by atoms with Crippen LogP contribution >= 0.6 is 0 Å². The summed E-state index contributed by atoms with van der Waals surface area (Å²) in [5.41, 5.74) is 6.84. The molecular formula is C25H22F2N2O4S. The summed E-state index contributed by atoms with van der Waals surface area (Å²) in [6, 6.07) is 15.0. The minimum atomic E-state index is -4.11. The molecule has 1 heterocycles. The van der Waals surface area contributed by atoms with Gasteiger partial charge in [0.2, 0.25) is 5.91 Å². The van der Waals surface area contributed by atoms with E-state index in [9.17, 15) is 26.8 Å². The molecule has 3 aromatic carbocycles. The number of carbonyl (C=O) groups excluding carboxylic acids is 2. The fraction of sp³-hybridized carbons (Fsp3) is 0.200. The first-order chi connectivity index (χ1) is 16.2. The van der Waals surface area contributed by atoms with Crippen molar-refractivity contribution in [2.24, 2.45) is 5.73 Å². The Balaban J connectivity index is 1.75. The van der Waals surface area contributed by atoms with Crippen molar-refractivity contribution in [1.82, 2.24) is 0 Å². The van der Waals surface area contributed by atoms with E-state index in [2.05, 4.69) is 0 Å². The van der Waals surface area contributed by atoms with Crippen molar-refractivity contribution >= 4 is 27.2 Å². The van der Waals surface area contributed by atoms with Gasteiger partial charge in [-0.2, -0.15) is 0 Å². The van der Waals surface area contributed by atoms with E-state index in [0.29, 0.717) is 12.0 Å². The van der Waals surface area contributed by atoms with Crippen molar-refractivity contribution in [3.8, 4) is 0 Å². The molecule has 2 N–H and O–H groups in total. The maximum Gasteiger partial charge on any atom is 0.245 e. The highest BCUT2D eigenvalue weighted by molar-refractivity contribution is 7.91. The number of hydrogen-bond donors (Lipinski definition) is 1.